The summed E-state index contributed by atoms with van der Waals surface area (Å²) in [6.45, 7) is 5.85. The van der Waals surface area contributed by atoms with Crippen molar-refractivity contribution in [1.82, 2.24) is 10.6 Å². The zero-order valence-corrected chi connectivity index (χ0v) is 72.2. The molecule has 0 aromatic heterocycles. The lowest BCUT2D eigenvalue weighted by Gasteiger charge is -2.44. The van der Waals surface area contributed by atoms with E-state index in [4.69, 9.17) is 71.1 Å². The molecule has 2 saturated heterocycles. The molecule has 668 valence electrons. The van der Waals surface area contributed by atoms with Crippen LogP contribution in [0.1, 0.15) is 162 Å². The van der Waals surface area contributed by atoms with E-state index in [1.807, 2.05) is 60.7 Å². The Morgan fingerprint density at radius 2 is 0.772 bits per heavy atom. The van der Waals surface area contributed by atoms with Crippen LogP contribution >= 0.6 is 23.2 Å². The largest absolute Gasteiger partial charge is 0.481 e. The van der Waals surface area contributed by atoms with Gasteiger partial charge in [0, 0.05) is 83.0 Å². The Morgan fingerprint density at radius 3 is 1.09 bits per heavy atom. The van der Waals surface area contributed by atoms with Crippen LogP contribution in [0.5, 0.6) is 0 Å². The van der Waals surface area contributed by atoms with Gasteiger partial charge in [0.1, 0.15) is 18.1 Å². The van der Waals surface area contributed by atoms with Crippen molar-refractivity contribution in [3.05, 3.63) is 200 Å². The molecule has 2 amide bonds. The molecule has 30 nitrogen and oxygen atoms in total. The summed E-state index contributed by atoms with van der Waals surface area (Å²) < 4.78 is 72.7. The molecule has 15 rings (SSSR count). The third-order valence-corrected chi connectivity index (χ3v) is 23.9. The predicted molar refractivity (Wildman–Crippen MR) is 470 cm³/mol. The summed E-state index contributed by atoms with van der Waals surface area (Å²) in [4.78, 5) is 155. The van der Waals surface area contributed by atoms with Crippen molar-refractivity contribution in [2.45, 2.75) is 178 Å². The average Bonchev–Trinajstić information content (AvgIpc) is 1.68. The molecular formula is C93H98Cl2F2N10O20. The third-order valence-electron chi connectivity index (χ3n) is 23.3. The van der Waals surface area contributed by atoms with Crippen LogP contribution < -0.4 is 37.2 Å². The molecule has 127 heavy (non-hydrogen) atoms. The van der Waals surface area contributed by atoms with Gasteiger partial charge in [0.25, 0.3) is 0 Å². The number of fused-ring (bicyclic) bond motifs is 13. The minimum atomic E-state index is -1.58. The molecule has 34 heteroatoms. The summed E-state index contributed by atoms with van der Waals surface area (Å²) in [5, 5.41) is 30.7. The Morgan fingerprint density at radius 1 is 0.449 bits per heavy atom. The topological polar surface area (TPSA) is 403 Å². The second kappa shape index (κ2) is 41.3. The Bertz CT molecular complexity index is 5250. The Balaban J connectivity index is 0.000000167. The van der Waals surface area contributed by atoms with Gasteiger partial charge in [-0.2, -0.15) is 0 Å². The number of carbonyl (C=O) groups excluding carboxylic acids is 10. The lowest BCUT2D eigenvalue weighted by molar-refractivity contribution is -0.144. The molecule has 0 saturated carbocycles. The Hall–Kier alpha value is -12.5. The number of anilines is 5. The molecule has 10 aliphatic heterocycles. The summed E-state index contributed by atoms with van der Waals surface area (Å²) >= 11 is 12.3. The highest BCUT2D eigenvalue weighted by Crippen LogP contribution is 2.48. The fourth-order valence-electron chi connectivity index (χ4n) is 17.1. The molecular weight excluding hydrogens is 1690 g/mol. The first-order valence-electron chi connectivity index (χ1n) is 42.2. The molecule has 2 fully saturated rings. The van der Waals surface area contributed by atoms with Gasteiger partial charge < -0.3 is 59.0 Å². The summed E-state index contributed by atoms with van der Waals surface area (Å²) in [5.41, 5.74) is 7.23. The van der Waals surface area contributed by atoms with Crippen molar-refractivity contribution in [1.29, 1.82) is 0 Å². The number of carboxylic acids is 1. The smallest absolute Gasteiger partial charge is 0.413 e. The highest BCUT2D eigenvalue weighted by atomic mass is 35.5. The number of esters is 6. The predicted octanol–water partition coefficient (Wildman–Crippen LogP) is 14.6. The number of nitrogens with one attached hydrogen (secondary N) is 7. The maximum Gasteiger partial charge on any atom is 0.413 e. The molecule has 8 unspecified atom stereocenters. The number of carboxylic acid groups (broad SMARTS) is 1. The number of benzene rings is 5. The van der Waals surface area contributed by atoms with E-state index in [0.717, 1.165) is 11.1 Å². The number of carbonyl (C=O) groups is 11. The maximum atomic E-state index is 15.5. The molecule has 5 aromatic rings. The van der Waals surface area contributed by atoms with E-state index >= 15 is 8.78 Å². The normalized spacial score (nSPS) is 24.3. The number of rotatable bonds is 17. The number of piperidine rings is 2. The fourth-order valence-corrected chi connectivity index (χ4v) is 17.4. The van der Waals surface area contributed by atoms with Crippen LogP contribution in [0.3, 0.4) is 0 Å². The van der Waals surface area contributed by atoms with E-state index in [-0.39, 0.29) is 115 Å². The van der Waals surface area contributed by atoms with Crippen molar-refractivity contribution < 1.29 is 105 Å². The lowest BCUT2D eigenvalue weighted by atomic mass is 9.81. The Labute approximate surface area is 740 Å². The van der Waals surface area contributed by atoms with Crippen LogP contribution in [0.25, 0.3) is 17.1 Å². The van der Waals surface area contributed by atoms with Gasteiger partial charge in [-0.3, -0.25) is 65.0 Å². The van der Waals surface area contributed by atoms with Crippen molar-refractivity contribution in [2.24, 2.45) is 32.7 Å². The quantitative estimate of drug-likeness (QED) is 0.0243. The molecule has 6 bridgehead atoms. The maximum absolute atomic E-state index is 15.5. The van der Waals surface area contributed by atoms with E-state index in [2.05, 4.69) is 42.2 Å². The number of aliphatic carboxylic acids is 1. The van der Waals surface area contributed by atoms with Crippen molar-refractivity contribution in [2.75, 3.05) is 67.7 Å². The number of amides is 2. The summed E-state index contributed by atoms with van der Waals surface area (Å²) in [7, 11) is 3.97. The molecule has 0 aliphatic carbocycles. The summed E-state index contributed by atoms with van der Waals surface area (Å²) in [5.74, 6) is -7.22. The number of hydrogen-bond donors (Lipinski definition) is 8. The van der Waals surface area contributed by atoms with Crippen LogP contribution in [0.4, 0.5) is 46.8 Å². The Kier molecular flexibility index (Phi) is 30.0. The van der Waals surface area contributed by atoms with Crippen LogP contribution in [0.15, 0.2) is 149 Å². The van der Waals surface area contributed by atoms with Crippen LogP contribution in [0, 0.1) is 29.4 Å². The number of allylic oxidation sites excluding steroid dienone is 6. The number of hydrogen-bond acceptors (Lipinski definition) is 27. The molecule has 2 spiro atoms. The van der Waals surface area contributed by atoms with Gasteiger partial charge in [0.05, 0.1) is 140 Å². The first kappa shape index (κ1) is 92.2. The van der Waals surface area contributed by atoms with Crippen molar-refractivity contribution >= 4 is 151 Å². The van der Waals surface area contributed by atoms with E-state index in [9.17, 15) is 57.8 Å². The average molecular weight is 1780 g/mol. The van der Waals surface area contributed by atoms with Gasteiger partial charge >= 0.3 is 54.0 Å². The van der Waals surface area contributed by atoms with E-state index < -0.39 is 119 Å². The van der Waals surface area contributed by atoms with Gasteiger partial charge in [0.15, 0.2) is 34.7 Å². The molecule has 10 aliphatic rings. The number of halogens is 4. The molecule has 10 atom stereocenters. The van der Waals surface area contributed by atoms with Crippen molar-refractivity contribution in [3.63, 3.8) is 0 Å². The van der Waals surface area contributed by atoms with E-state index in [0.29, 0.717) is 144 Å². The lowest BCUT2D eigenvalue weighted by Crippen LogP contribution is -2.60. The van der Waals surface area contributed by atoms with Gasteiger partial charge in [-0.05, 0) is 144 Å². The molecule has 10 heterocycles. The summed E-state index contributed by atoms with van der Waals surface area (Å²) in [6.07, 6.45) is 20.7. The number of ketones is 2. The van der Waals surface area contributed by atoms with E-state index in [1.54, 1.807) is 69.3 Å². The standard InChI is InChI=1S/2C35H36ClFN4O7.C23H26N2O6/c2*1-3-47-33(44)27-8-5-4-7-21(24-15-14-23(38-24)20-11-10-19(17-28(20)39-27)18-29(42)46-2)32(43)26-9-6-16-35(41-26)30-25(40-34(45)48-35)13-12-22(36)31(30)37;1-3-31-23(29)19-7-5-4-6-16(22(27)28)18-11-10-17(24-18)15-9-8-14(12-20(15)25-19)13-21(26)30-2/h2*4-5,10-14,17,21,26-27,39,41H,3,6-9,15-16,18H2,1-2H3,(H,40,45);4-5,8-10,12,16,19,25H,3,6-7,11,13H2,1-2H3,(H,27,28)/b3*5-4+/t2*21?,26?,27?,35-;/m11./s1. The minimum Gasteiger partial charge on any atom is -0.481 e. The minimum absolute atomic E-state index is 0.0431. The highest BCUT2D eigenvalue weighted by molar-refractivity contribution is 6.31. The number of nitrogens with zero attached hydrogens (tertiary/aromatic N) is 3. The van der Waals surface area contributed by atoms with Crippen molar-refractivity contribution in [3.8, 4) is 0 Å². The first-order chi connectivity index (χ1) is 61.2. The first-order valence-corrected chi connectivity index (χ1v) is 42.9. The summed E-state index contributed by atoms with van der Waals surface area (Å²) in [6, 6.07) is 18.3. The monoisotopic (exact) mass is 1780 g/mol. The van der Waals surface area contributed by atoms with E-state index in [1.165, 1.54) is 45.6 Å². The van der Waals surface area contributed by atoms with Gasteiger partial charge in [-0.1, -0.05) is 114 Å². The number of ether oxygens (including phenoxy) is 8. The second-order valence-corrected chi connectivity index (χ2v) is 32.3. The molecule has 8 N–H and O–H groups in total. The zero-order chi connectivity index (χ0) is 90.4. The number of aliphatic imine (C=N–C) groups is 3. The molecule has 0 radical (unpaired) electrons. The van der Waals surface area contributed by atoms with Crippen LogP contribution in [-0.4, -0.2) is 159 Å². The zero-order valence-electron chi connectivity index (χ0n) is 70.7. The number of Topliss-reactive ketones (excluding diaryl/α,β-unsaturated/α-hetero) is 2. The van der Waals surface area contributed by atoms with Gasteiger partial charge in [0.2, 0.25) is 0 Å². The second-order valence-electron chi connectivity index (χ2n) is 31.5. The van der Waals surface area contributed by atoms with Gasteiger partial charge in [-0.15, -0.1) is 0 Å². The highest BCUT2D eigenvalue weighted by Gasteiger charge is 2.52. The third kappa shape index (κ3) is 21.3. The fraction of sp³-hybridized carbons (Fsp3) is 0.398. The molecule has 5 aromatic carbocycles. The van der Waals surface area contributed by atoms with Crippen LogP contribution in [-0.2, 0) is 112 Å². The number of methoxy groups -OCH3 is 3. The van der Waals surface area contributed by atoms with Gasteiger partial charge in [-0.25, -0.2) is 32.8 Å². The van der Waals surface area contributed by atoms with Crippen LogP contribution in [0.2, 0.25) is 10.0 Å². The SMILES string of the molecule is CCOC(=O)C1C/C=C/CC(C(=O)C2CCC[C@@]3(N2)OC(=O)Nc2ccc(Cl)c(F)c23)C2=NC(=CC2)c2ccc(CC(=O)OC)cc2N1.CCOC(=O)C1C/C=C/CC(C(=O)C2CCC[C@@]3(N2)OC(=O)Nc2ccc(Cl)c(F)c23)C2=NC(=CC2)c2ccc(CC(=O)OC)cc2N1.CCOC(=O)C1C/C=C/CC(C(=O)O)C2=NC(=CC2)c2ccc(CC(=O)OC)cc2N1.